The minimum absolute atomic E-state index is 0.000100. The molecule has 4 heteroatoms. The number of carbonyl (C=O) groups excluding carboxylic acids is 1. The first-order valence-electron chi connectivity index (χ1n) is 6.05. The molecule has 0 aromatic rings. The van der Waals surface area contributed by atoms with Gasteiger partial charge in [-0.1, -0.05) is 27.7 Å². The predicted molar refractivity (Wildman–Crippen MR) is 66.2 cm³/mol. The molecule has 0 aliphatic rings. The summed E-state index contributed by atoms with van der Waals surface area (Å²) in [6.45, 7) is 11.2. The van der Waals surface area contributed by atoms with Gasteiger partial charge in [0, 0.05) is 19.6 Å². The largest absolute Gasteiger partial charge is 0.395 e. The van der Waals surface area contributed by atoms with Gasteiger partial charge in [-0.25, -0.2) is 0 Å². The van der Waals surface area contributed by atoms with Crippen molar-refractivity contribution in [3.63, 3.8) is 0 Å². The first kappa shape index (κ1) is 15.4. The molecule has 0 fully saturated rings. The molecule has 0 atom stereocenters. The SMILES string of the molecule is CC(C)CN(CC(=O)NCCO)CC(C)C. The van der Waals surface area contributed by atoms with Crippen LogP contribution < -0.4 is 5.32 Å². The summed E-state index contributed by atoms with van der Waals surface area (Å²) in [5.41, 5.74) is 0. The van der Waals surface area contributed by atoms with Gasteiger partial charge in [0.2, 0.25) is 5.91 Å². The molecule has 0 saturated heterocycles. The molecule has 0 radical (unpaired) electrons. The van der Waals surface area contributed by atoms with Gasteiger partial charge >= 0.3 is 0 Å². The fourth-order valence-corrected chi connectivity index (χ4v) is 1.69. The maximum Gasteiger partial charge on any atom is 0.234 e. The minimum atomic E-state index is -0.00431. The van der Waals surface area contributed by atoms with Gasteiger partial charge in [-0.15, -0.1) is 0 Å². The van der Waals surface area contributed by atoms with E-state index in [2.05, 4.69) is 37.9 Å². The zero-order chi connectivity index (χ0) is 12.6. The quantitative estimate of drug-likeness (QED) is 0.645. The van der Waals surface area contributed by atoms with Gasteiger partial charge in [0.25, 0.3) is 0 Å². The minimum Gasteiger partial charge on any atom is -0.395 e. The van der Waals surface area contributed by atoms with E-state index in [0.29, 0.717) is 24.9 Å². The number of amides is 1. The highest BCUT2D eigenvalue weighted by atomic mass is 16.3. The van der Waals surface area contributed by atoms with Crippen molar-refractivity contribution < 1.29 is 9.90 Å². The molecule has 0 aromatic carbocycles. The van der Waals surface area contributed by atoms with E-state index in [-0.39, 0.29) is 12.5 Å². The summed E-state index contributed by atoms with van der Waals surface area (Å²) in [5.74, 6) is 1.11. The Labute approximate surface area is 99.0 Å². The molecule has 96 valence electrons. The van der Waals surface area contributed by atoms with E-state index in [1.807, 2.05) is 0 Å². The first-order chi connectivity index (χ1) is 7.45. The number of rotatable bonds is 8. The molecule has 0 saturated carbocycles. The lowest BCUT2D eigenvalue weighted by Gasteiger charge is -2.25. The normalized spacial score (nSPS) is 11.5. The van der Waals surface area contributed by atoms with Crippen LogP contribution in [-0.4, -0.2) is 48.7 Å². The van der Waals surface area contributed by atoms with Gasteiger partial charge < -0.3 is 10.4 Å². The molecule has 4 nitrogen and oxygen atoms in total. The van der Waals surface area contributed by atoms with E-state index in [1.54, 1.807) is 0 Å². The molecule has 2 N–H and O–H groups in total. The van der Waals surface area contributed by atoms with Gasteiger partial charge in [0.15, 0.2) is 0 Å². The average Bonchev–Trinajstić information content (AvgIpc) is 2.12. The van der Waals surface area contributed by atoms with Gasteiger partial charge in [0.05, 0.1) is 13.2 Å². The third-order valence-electron chi connectivity index (χ3n) is 2.05. The number of aliphatic hydroxyl groups is 1. The van der Waals surface area contributed by atoms with E-state index >= 15 is 0 Å². The molecule has 0 spiro atoms. The Kier molecular flexibility index (Phi) is 8.21. The molecular weight excluding hydrogens is 204 g/mol. The molecule has 0 heterocycles. The van der Waals surface area contributed by atoms with Crippen molar-refractivity contribution in [2.45, 2.75) is 27.7 Å². The van der Waals surface area contributed by atoms with E-state index in [9.17, 15) is 4.79 Å². The predicted octanol–water partition coefficient (Wildman–Crippen LogP) is 0.709. The zero-order valence-corrected chi connectivity index (χ0v) is 11.0. The number of nitrogens with zero attached hydrogens (tertiary/aromatic N) is 1. The van der Waals surface area contributed by atoms with Gasteiger partial charge in [0.1, 0.15) is 0 Å². The maximum absolute atomic E-state index is 11.5. The number of hydrogen-bond acceptors (Lipinski definition) is 3. The summed E-state index contributed by atoms with van der Waals surface area (Å²) < 4.78 is 0. The van der Waals surface area contributed by atoms with Gasteiger partial charge in [-0.3, -0.25) is 9.69 Å². The van der Waals surface area contributed by atoms with Crippen LogP contribution in [0.4, 0.5) is 0 Å². The summed E-state index contributed by atoms with van der Waals surface area (Å²) in [6, 6.07) is 0. The molecular formula is C12H26N2O2. The Bertz CT molecular complexity index is 183. The Morgan fingerprint density at radius 2 is 1.69 bits per heavy atom. The summed E-state index contributed by atoms with van der Waals surface area (Å²) in [7, 11) is 0. The van der Waals surface area contributed by atoms with E-state index in [0.717, 1.165) is 13.1 Å². The molecule has 0 aromatic heterocycles. The Morgan fingerprint density at radius 3 is 2.06 bits per heavy atom. The lowest BCUT2D eigenvalue weighted by Crippen LogP contribution is -2.41. The van der Waals surface area contributed by atoms with Crippen LogP contribution in [0.15, 0.2) is 0 Å². The van der Waals surface area contributed by atoms with Crippen molar-refractivity contribution in [3.05, 3.63) is 0 Å². The second-order valence-electron chi connectivity index (χ2n) is 5.06. The number of nitrogens with one attached hydrogen (secondary N) is 1. The van der Waals surface area contributed by atoms with Crippen LogP contribution in [-0.2, 0) is 4.79 Å². The second kappa shape index (κ2) is 8.53. The lowest BCUT2D eigenvalue weighted by atomic mass is 10.1. The van der Waals surface area contributed by atoms with Crippen molar-refractivity contribution in [3.8, 4) is 0 Å². The number of hydrogen-bond donors (Lipinski definition) is 2. The maximum atomic E-state index is 11.5. The van der Waals surface area contributed by atoms with Crippen molar-refractivity contribution in [1.29, 1.82) is 0 Å². The highest BCUT2D eigenvalue weighted by molar-refractivity contribution is 5.77. The summed E-state index contributed by atoms with van der Waals surface area (Å²) in [5, 5.41) is 11.3. The molecule has 1 amide bonds. The first-order valence-corrected chi connectivity index (χ1v) is 6.05. The van der Waals surface area contributed by atoms with Gasteiger partial charge in [-0.2, -0.15) is 0 Å². The third-order valence-corrected chi connectivity index (χ3v) is 2.05. The summed E-state index contributed by atoms with van der Waals surface area (Å²) in [4.78, 5) is 13.7. The van der Waals surface area contributed by atoms with E-state index in [1.165, 1.54) is 0 Å². The van der Waals surface area contributed by atoms with Crippen LogP contribution in [0.25, 0.3) is 0 Å². The molecule has 0 aliphatic heterocycles. The molecule has 16 heavy (non-hydrogen) atoms. The Morgan fingerprint density at radius 1 is 1.19 bits per heavy atom. The fraction of sp³-hybridized carbons (Fsp3) is 0.917. The van der Waals surface area contributed by atoms with Crippen LogP contribution in [0.2, 0.25) is 0 Å². The number of aliphatic hydroxyl groups excluding tert-OH is 1. The molecule has 0 rings (SSSR count). The van der Waals surface area contributed by atoms with Gasteiger partial charge in [-0.05, 0) is 11.8 Å². The van der Waals surface area contributed by atoms with Crippen LogP contribution in [0, 0.1) is 11.8 Å². The monoisotopic (exact) mass is 230 g/mol. The van der Waals surface area contributed by atoms with Crippen LogP contribution in [0.3, 0.4) is 0 Å². The smallest absolute Gasteiger partial charge is 0.234 e. The van der Waals surface area contributed by atoms with Crippen LogP contribution >= 0.6 is 0 Å². The van der Waals surface area contributed by atoms with Crippen molar-refractivity contribution in [2.24, 2.45) is 11.8 Å². The zero-order valence-electron chi connectivity index (χ0n) is 11.0. The van der Waals surface area contributed by atoms with Crippen molar-refractivity contribution >= 4 is 5.91 Å². The van der Waals surface area contributed by atoms with Crippen molar-refractivity contribution in [2.75, 3.05) is 32.8 Å². The Hall–Kier alpha value is -0.610. The fourth-order valence-electron chi connectivity index (χ4n) is 1.69. The van der Waals surface area contributed by atoms with E-state index in [4.69, 9.17) is 5.11 Å². The molecule has 0 aliphatic carbocycles. The summed E-state index contributed by atoms with van der Waals surface area (Å²) in [6.07, 6.45) is 0. The summed E-state index contributed by atoms with van der Waals surface area (Å²) >= 11 is 0. The van der Waals surface area contributed by atoms with Crippen molar-refractivity contribution in [1.82, 2.24) is 10.2 Å². The lowest BCUT2D eigenvalue weighted by molar-refractivity contribution is -0.122. The average molecular weight is 230 g/mol. The van der Waals surface area contributed by atoms with Crippen LogP contribution in [0.5, 0.6) is 0 Å². The highest BCUT2D eigenvalue weighted by Crippen LogP contribution is 2.03. The van der Waals surface area contributed by atoms with Crippen LogP contribution in [0.1, 0.15) is 27.7 Å². The number of carbonyl (C=O) groups is 1. The molecule has 0 bridgehead atoms. The Balaban J connectivity index is 4.03. The third kappa shape index (κ3) is 8.68. The molecule has 0 unspecified atom stereocenters. The second-order valence-corrected chi connectivity index (χ2v) is 5.06. The highest BCUT2D eigenvalue weighted by Gasteiger charge is 2.13. The topological polar surface area (TPSA) is 52.6 Å². The van der Waals surface area contributed by atoms with E-state index < -0.39 is 0 Å². The standard InChI is InChI=1S/C12H26N2O2/c1-10(2)7-14(8-11(3)4)9-12(16)13-5-6-15/h10-11,15H,5-9H2,1-4H3,(H,13,16).